The number of para-hydroxylation sites is 1. The summed E-state index contributed by atoms with van der Waals surface area (Å²) < 4.78 is 5.49. The van der Waals surface area contributed by atoms with E-state index in [0.717, 1.165) is 27.4 Å². The Morgan fingerprint density at radius 2 is 1.89 bits per heavy atom. The van der Waals surface area contributed by atoms with E-state index in [-0.39, 0.29) is 17.8 Å². The number of anilines is 1. The third-order valence-corrected chi connectivity index (χ3v) is 6.26. The molecule has 2 aliphatic heterocycles. The lowest BCUT2D eigenvalue weighted by Gasteiger charge is -2.26. The number of thioether (sulfide) groups is 1. The van der Waals surface area contributed by atoms with Crippen LogP contribution in [0.3, 0.4) is 0 Å². The summed E-state index contributed by atoms with van der Waals surface area (Å²) in [7, 11) is 0. The van der Waals surface area contributed by atoms with Gasteiger partial charge in [-0.15, -0.1) is 11.8 Å². The van der Waals surface area contributed by atoms with Crippen molar-refractivity contribution in [1.29, 1.82) is 0 Å². The molecular formula is C22H15ClN2O2S. The monoisotopic (exact) mass is 406 g/mol. The zero-order chi connectivity index (χ0) is 19.1. The number of carbonyl (C=O) groups excluding carboxylic acids is 1. The fourth-order valence-corrected chi connectivity index (χ4v) is 4.71. The second-order valence-electron chi connectivity index (χ2n) is 6.56. The molecule has 28 heavy (non-hydrogen) atoms. The van der Waals surface area contributed by atoms with E-state index in [1.165, 1.54) is 0 Å². The maximum absolute atomic E-state index is 11.7. The van der Waals surface area contributed by atoms with Crippen LogP contribution < -0.4 is 10.1 Å². The number of fused-ring (bicyclic) bond motifs is 2. The fourth-order valence-electron chi connectivity index (χ4n) is 3.34. The third kappa shape index (κ3) is 3.17. The molecule has 0 spiro atoms. The minimum Gasteiger partial charge on any atom is -0.482 e. The first-order valence-electron chi connectivity index (χ1n) is 8.84. The molecule has 5 rings (SSSR count). The molecule has 1 atom stereocenters. The van der Waals surface area contributed by atoms with Gasteiger partial charge in [0.1, 0.15) is 5.75 Å². The summed E-state index contributed by atoms with van der Waals surface area (Å²) in [4.78, 5) is 17.8. The van der Waals surface area contributed by atoms with Crippen LogP contribution in [0.15, 0.2) is 76.6 Å². The number of nitrogens with one attached hydrogen (secondary N) is 1. The highest BCUT2D eigenvalue weighted by Gasteiger charge is 2.28. The Morgan fingerprint density at radius 3 is 2.75 bits per heavy atom. The molecule has 0 aromatic heterocycles. The van der Waals surface area contributed by atoms with Crippen molar-refractivity contribution in [3.05, 3.63) is 82.9 Å². The minimum atomic E-state index is -0.149. The number of ether oxygens (including phenoxy) is 1. The van der Waals surface area contributed by atoms with Gasteiger partial charge in [-0.05, 0) is 53.6 Å². The van der Waals surface area contributed by atoms with Crippen LogP contribution in [-0.4, -0.2) is 18.2 Å². The number of halogens is 1. The average molecular weight is 407 g/mol. The lowest BCUT2D eigenvalue weighted by molar-refractivity contribution is -0.118. The Balaban J connectivity index is 1.63. The molecule has 1 amide bonds. The maximum Gasteiger partial charge on any atom is 0.262 e. The van der Waals surface area contributed by atoms with Gasteiger partial charge in [0.15, 0.2) is 6.61 Å². The summed E-state index contributed by atoms with van der Waals surface area (Å²) in [6, 6.07) is 21.8. The lowest BCUT2D eigenvalue weighted by atomic mass is 10.00. The van der Waals surface area contributed by atoms with Gasteiger partial charge in [-0.3, -0.25) is 9.79 Å². The van der Waals surface area contributed by atoms with Crippen molar-refractivity contribution in [1.82, 2.24) is 0 Å². The molecule has 0 saturated carbocycles. The SMILES string of the molecule is O=C1COc2ccc(C3=Nc4ccccc4SC3c3ccc(Cl)cc3)cc2N1. The highest BCUT2D eigenvalue weighted by Crippen LogP contribution is 2.47. The number of hydrogen-bond acceptors (Lipinski definition) is 4. The van der Waals surface area contributed by atoms with Gasteiger partial charge in [0.05, 0.1) is 22.3 Å². The second kappa shape index (κ2) is 7.00. The van der Waals surface area contributed by atoms with E-state index in [0.29, 0.717) is 16.5 Å². The minimum absolute atomic E-state index is 0.0189. The summed E-state index contributed by atoms with van der Waals surface area (Å²) in [6.45, 7) is 0.0456. The molecule has 138 valence electrons. The molecule has 2 heterocycles. The normalized spacial score (nSPS) is 17.7. The van der Waals surface area contributed by atoms with Gasteiger partial charge >= 0.3 is 0 Å². The standard InChI is InChI=1S/C22H15ClN2O2S/c23-15-8-5-13(6-9-15)22-21(25-16-3-1-2-4-19(16)28-22)14-7-10-18-17(11-14)24-20(26)12-27-18/h1-11,22H,12H2,(H,24,26). The first-order valence-corrected chi connectivity index (χ1v) is 10.1. The Hall–Kier alpha value is -2.76. The molecule has 4 nitrogen and oxygen atoms in total. The van der Waals surface area contributed by atoms with Crippen molar-refractivity contribution in [2.45, 2.75) is 10.1 Å². The smallest absolute Gasteiger partial charge is 0.262 e. The predicted octanol–water partition coefficient (Wildman–Crippen LogP) is 5.64. The summed E-state index contributed by atoms with van der Waals surface area (Å²) in [5.74, 6) is 0.528. The van der Waals surface area contributed by atoms with Gasteiger partial charge in [-0.1, -0.05) is 35.9 Å². The van der Waals surface area contributed by atoms with Crippen LogP contribution >= 0.6 is 23.4 Å². The maximum atomic E-state index is 11.7. The van der Waals surface area contributed by atoms with E-state index < -0.39 is 0 Å². The zero-order valence-electron chi connectivity index (χ0n) is 14.7. The summed E-state index contributed by atoms with van der Waals surface area (Å²) in [6.07, 6.45) is 0. The van der Waals surface area contributed by atoms with Gasteiger partial charge in [0, 0.05) is 9.92 Å². The lowest BCUT2D eigenvalue weighted by Crippen LogP contribution is -2.25. The molecule has 0 saturated heterocycles. The third-order valence-electron chi connectivity index (χ3n) is 4.68. The molecule has 0 bridgehead atoms. The molecule has 1 unspecified atom stereocenters. The van der Waals surface area contributed by atoms with Crippen LogP contribution in [0.2, 0.25) is 5.02 Å². The first-order chi connectivity index (χ1) is 13.7. The number of benzene rings is 3. The molecule has 1 N–H and O–H groups in total. The zero-order valence-corrected chi connectivity index (χ0v) is 16.3. The molecule has 3 aromatic rings. The summed E-state index contributed by atoms with van der Waals surface area (Å²) >= 11 is 7.85. The van der Waals surface area contributed by atoms with Crippen molar-refractivity contribution in [3.63, 3.8) is 0 Å². The van der Waals surface area contributed by atoms with E-state index in [9.17, 15) is 4.79 Å². The van der Waals surface area contributed by atoms with Crippen LogP contribution in [0.4, 0.5) is 11.4 Å². The van der Waals surface area contributed by atoms with Crippen molar-refractivity contribution in [2.75, 3.05) is 11.9 Å². The Morgan fingerprint density at radius 1 is 1.07 bits per heavy atom. The van der Waals surface area contributed by atoms with Crippen LogP contribution in [-0.2, 0) is 4.79 Å². The number of hydrogen-bond donors (Lipinski definition) is 1. The quantitative estimate of drug-likeness (QED) is 0.599. The van der Waals surface area contributed by atoms with Crippen molar-refractivity contribution < 1.29 is 9.53 Å². The fraction of sp³-hybridized carbons (Fsp3) is 0.0909. The first kappa shape index (κ1) is 17.3. The van der Waals surface area contributed by atoms with E-state index in [2.05, 4.69) is 11.4 Å². The molecule has 3 aromatic carbocycles. The van der Waals surface area contributed by atoms with Gasteiger partial charge in [0.25, 0.3) is 5.91 Å². The highest BCUT2D eigenvalue weighted by atomic mass is 35.5. The van der Waals surface area contributed by atoms with Gasteiger partial charge in [-0.25, -0.2) is 0 Å². The number of amides is 1. The van der Waals surface area contributed by atoms with Crippen LogP contribution in [0, 0.1) is 0 Å². The number of carbonyl (C=O) groups is 1. The molecule has 6 heteroatoms. The number of aliphatic imine (C=N–C) groups is 1. The second-order valence-corrected chi connectivity index (χ2v) is 8.15. The van der Waals surface area contributed by atoms with Gasteiger partial charge in [-0.2, -0.15) is 0 Å². The highest BCUT2D eigenvalue weighted by molar-refractivity contribution is 8.00. The van der Waals surface area contributed by atoms with E-state index >= 15 is 0 Å². The molecule has 0 radical (unpaired) electrons. The van der Waals surface area contributed by atoms with Crippen molar-refractivity contribution in [2.24, 2.45) is 4.99 Å². The topological polar surface area (TPSA) is 50.7 Å². The van der Waals surface area contributed by atoms with Gasteiger partial charge < -0.3 is 10.1 Å². The average Bonchev–Trinajstić information content (AvgIpc) is 2.73. The van der Waals surface area contributed by atoms with Gasteiger partial charge in [0.2, 0.25) is 0 Å². The van der Waals surface area contributed by atoms with E-state index in [1.54, 1.807) is 11.8 Å². The summed E-state index contributed by atoms with van der Waals surface area (Å²) in [5, 5.41) is 3.60. The van der Waals surface area contributed by atoms with Crippen LogP contribution in [0.1, 0.15) is 16.4 Å². The molecule has 0 aliphatic carbocycles. The van der Waals surface area contributed by atoms with Crippen molar-refractivity contribution >= 4 is 46.4 Å². The van der Waals surface area contributed by atoms with Crippen LogP contribution in [0.5, 0.6) is 5.75 Å². The van der Waals surface area contributed by atoms with E-state index in [1.807, 2.05) is 60.7 Å². The van der Waals surface area contributed by atoms with Crippen LogP contribution in [0.25, 0.3) is 0 Å². The number of nitrogens with zero attached hydrogens (tertiary/aromatic N) is 1. The number of rotatable bonds is 2. The molecule has 2 aliphatic rings. The largest absolute Gasteiger partial charge is 0.482 e. The Bertz CT molecular complexity index is 1110. The predicted molar refractivity (Wildman–Crippen MR) is 113 cm³/mol. The molecule has 0 fully saturated rings. The van der Waals surface area contributed by atoms with Crippen molar-refractivity contribution in [3.8, 4) is 5.75 Å². The summed E-state index contributed by atoms with van der Waals surface area (Å²) in [5.41, 5.74) is 4.64. The molecular weight excluding hydrogens is 392 g/mol. The Kier molecular flexibility index (Phi) is 4.34. The Labute approximate surface area is 171 Å². The van der Waals surface area contributed by atoms with E-state index in [4.69, 9.17) is 21.3 Å².